The van der Waals surface area contributed by atoms with E-state index in [1.807, 2.05) is 0 Å². The van der Waals surface area contributed by atoms with Crippen LogP contribution in [0.4, 0.5) is 0 Å². The zero-order valence-corrected chi connectivity index (χ0v) is 12.3. The van der Waals surface area contributed by atoms with E-state index in [1.165, 1.54) is 14.0 Å². The van der Waals surface area contributed by atoms with Gasteiger partial charge in [0.15, 0.2) is 6.29 Å². The number of amides is 2. The van der Waals surface area contributed by atoms with Crippen LogP contribution in [0, 0.1) is 0 Å². The number of carbonyl (C=O) groups excluding carboxylic acids is 2. The van der Waals surface area contributed by atoms with Crippen LogP contribution in [0.3, 0.4) is 0 Å². The van der Waals surface area contributed by atoms with Crippen LogP contribution in [0.5, 0.6) is 0 Å². The topological polar surface area (TPSA) is 158 Å². The lowest BCUT2D eigenvalue weighted by Gasteiger charge is -2.39. The quantitative estimate of drug-likeness (QED) is 0.289. The molecule has 0 spiro atoms. The fourth-order valence-electron chi connectivity index (χ4n) is 2.00. The van der Waals surface area contributed by atoms with Crippen molar-refractivity contribution >= 4 is 11.8 Å². The molecule has 2 amide bonds. The zero-order chi connectivity index (χ0) is 16.9. The largest absolute Gasteiger partial charge is 0.394 e. The van der Waals surface area contributed by atoms with Crippen LogP contribution in [-0.4, -0.2) is 89.2 Å². The lowest BCUT2D eigenvalue weighted by Crippen LogP contribution is -2.60. The second-order valence-corrected chi connectivity index (χ2v) is 4.90. The van der Waals surface area contributed by atoms with Gasteiger partial charge in [-0.25, -0.2) is 0 Å². The monoisotopic (exact) mass is 322 g/mol. The van der Waals surface area contributed by atoms with Crippen molar-refractivity contribution in [1.82, 2.24) is 10.6 Å². The number of hydrogen-bond acceptors (Lipinski definition) is 8. The minimum absolute atomic E-state index is 0.331. The lowest BCUT2D eigenvalue weighted by atomic mass is 9.99. The minimum Gasteiger partial charge on any atom is -0.394 e. The predicted molar refractivity (Wildman–Crippen MR) is 71.4 cm³/mol. The van der Waals surface area contributed by atoms with Gasteiger partial charge in [0, 0.05) is 14.0 Å². The normalized spacial score (nSPS) is 33.1. The summed E-state index contributed by atoms with van der Waals surface area (Å²) in [5.74, 6) is -0.967. The fraction of sp³-hybridized carbons (Fsp3) is 0.833. The zero-order valence-electron chi connectivity index (χ0n) is 12.3. The van der Waals surface area contributed by atoms with E-state index in [0.717, 1.165) is 0 Å². The molecular formula is C12H22N2O8. The van der Waals surface area contributed by atoms with Crippen molar-refractivity contribution in [2.24, 2.45) is 0 Å². The molecule has 6 N–H and O–H groups in total. The molecule has 1 aliphatic heterocycles. The number of carbonyl (C=O) groups is 2. The van der Waals surface area contributed by atoms with Gasteiger partial charge in [-0.3, -0.25) is 9.59 Å². The molecular weight excluding hydrogens is 300 g/mol. The molecule has 1 fully saturated rings. The average molecular weight is 322 g/mol. The van der Waals surface area contributed by atoms with Crippen LogP contribution in [0.1, 0.15) is 6.92 Å². The van der Waals surface area contributed by atoms with Crippen LogP contribution < -0.4 is 10.6 Å². The smallest absolute Gasteiger partial charge is 0.244 e. The van der Waals surface area contributed by atoms with Crippen LogP contribution >= 0.6 is 0 Å². The summed E-state index contributed by atoms with van der Waals surface area (Å²) in [5, 5.41) is 42.8. The summed E-state index contributed by atoms with van der Waals surface area (Å²) in [5.41, 5.74) is 0. The highest BCUT2D eigenvalue weighted by molar-refractivity contribution is 5.86. The summed E-state index contributed by atoms with van der Waals surface area (Å²) in [6, 6.07) is -1.02. The highest BCUT2D eigenvalue weighted by atomic mass is 16.7. The average Bonchev–Trinajstić information content (AvgIpc) is 2.49. The van der Waals surface area contributed by atoms with Crippen LogP contribution in [0.25, 0.3) is 0 Å². The Morgan fingerprint density at radius 2 is 1.86 bits per heavy atom. The summed E-state index contributed by atoms with van der Waals surface area (Å²) in [4.78, 5) is 22.7. The van der Waals surface area contributed by atoms with Gasteiger partial charge in [0.25, 0.3) is 0 Å². The van der Waals surface area contributed by atoms with E-state index in [0.29, 0.717) is 0 Å². The molecule has 1 heterocycles. The molecule has 0 saturated carbocycles. The Labute approximate surface area is 127 Å². The van der Waals surface area contributed by atoms with E-state index < -0.39 is 55.2 Å². The summed E-state index contributed by atoms with van der Waals surface area (Å²) >= 11 is 0. The van der Waals surface area contributed by atoms with Crippen molar-refractivity contribution < 1.29 is 39.5 Å². The Balaban J connectivity index is 2.66. The van der Waals surface area contributed by atoms with Gasteiger partial charge < -0.3 is 40.5 Å². The third-order valence-electron chi connectivity index (χ3n) is 3.22. The molecule has 0 bridgehead atoms. The van der Waals surface area contributed by atoms with Crippen molar-refractivity contribution in [2.75, 3.05) is 20.3 Å². The van der Waals surface area contributed by atoms with Gasteiger partial charge in [0.1, 0.15) is 30.5 Å². The van der Waals surface area contributed by atoms with Crippen molar-refractivity contribution in [1.29, 1.82) is 0 Å². The van der Waals surface area contributed by atoms with Crippen LogP contribution in [0.15, 0.2) is 0 Å². The summed E-state index contributed by atoms with van der Waals surface area (Å²) in [6.45, 7) is 0.307. The van der Waals surface area contributed by atoms with E-state index in [9.17, 15) is 24.9 Å². The van der Waals surface area contributed by atoms with E-state index in [2.05, 4.69) is 10.6 Å². The van der Waals surface area contributed by atoms with Crippen molar-refractivity contribution in [3.05, 3.63) is 0 Å². The Hall–Kier alpha value is -1.30. The highest BCUT2D eigenvalue weighted by Crippen LogP contribution is 2.21. The molecule has 6 atom stereocenters. The van der Waals surface area contributed by atoms with E-state index in [-0.39, 0.29) is 6.61 Å². The molecule has 2 unspecified atom stereocenters. The second kappa shape index (κ2) is 8.36. The molecule has 10 nitrogen and oxygen atoms in total. The van der Waals surface area contributed by atoms with Gasteiger partial charge in [-0.15, -0.1) is 0 Å². The Morgan fingerprint density at radius 3 is 2.36 bits per heavy atom. The summed E-state index contributed by atoms with van der Waals surface area (Å²) in [6.07, 6.45) is -7.11. The van der Waals surface area contributed by atoms with Gasteiger partial charge in [0.05, 0.1) is 13.2 Å². The maximum Gasteiger partial charge on any atom is 0.244 e. The van der Waals surface area contributed by atoms with Gasteiger partial charge in [-0.05, 0) is 0 Å². The molecule has 0 aromatic rings. The van der Waals surface area contributed by atoms with E-state index in [1.54, 1.807) is 0 Å². The summed E-state index contributed by atoms with van der Waals surface area (Å²) in [7, 11) is 1.38. The van der Waals surface area contributed by atoms with Gasteiger partial charge in [0.2, 0.25) is 11.8 Å². The second-order valence-electron chi connectivity index (χ2n) is 4.90. The van der Waals surface area contributed by atoms with Crippen molar-refractivity contribution in [3.63, 3.8) is 0 Å². The number of likely N-dealkylation sites (N-methyl/N-ethyl adjacent to an activating group) is 1. The van der Waals surface area contributed by atoms with Crippen molar-refractivity contribution in [3.8, 4) is 0 Å². The van der Waals surface area contributed by atoms with E-state index >= 15 is 0 Å². The number of ether oxygens (including phenoxy) is 2. The Morgan fingerprint density at radius 1 is 1.23 bits per heavy atom. The molecule has 1 aliphatic rings. The highest BCUT2D eigenvalue weighted by Gasteiger charge is 2.44. The Bertz CT molecular complexity index is 391. The number of hydrogen-bond donors (Lipinski definition) is 6. The van der Waals surface area contributed by atoms with Crippen LogP contribution in [0.2, 0.25) is 0 Å². The van der Waals surface area contributed by atoms with Gasteiger partial charge in [-0.2, -0.15) is 0 Å². The standard InChI is InChI=1S/C12H22N2O8/c1-5(16)14-6(11(20)13-2)4-21-12-10(19)9(18)8(17)7(3-15)22-12/h6-10,12,15,17-19H,3-4H2,1-2H3,(H,13,20)(H,14,16)/t6-,7?,8-,9-,10?,12+/m0/s1. The molecule has 1 rings (SSSR count). The van der Waals surface area contributed by atoms with Crippen molar-refractivity contribution in [2.45, 2.75) is 43.7 Å². The number of rotatable bonds is 6. The first-order chi connectivity index (χ1) is 10.3. The lowest BCUT2D eigenvalue weighted by molar-refractivity contribution is -0.301. The molecule has 0 aliphatic carbocycles. The molecule has 0 aromatic heterocycles. The number of aliphatic hydroxyl groups is 4. The minimum atomic E-state index is -1.57. The first-order valence-corrected chi connectivity index (χ1v) is 6.72. The molecule has 0 aromatic carbocycles. The first-order valence-electron chi connectivity index (χ1n) is 6.72. The number of nitrogens with one attached hydrogen (secondary N) is 2. The molecule has 128 valence electrons. The van der Waals surface area contributed by atoms with E-state index in [4.69, 9.17) is 14.6 Å². The fourth-order valence-corrected chi connectivity index (χ4v) is 2.00. The Kier molecular flexibility index (Phi) is 7.13. The predicted octanol–water partition coefficient (Wildman–Crippen LogP) is -3.95. The molecule has 10 heteroatoms. The summed E-state index contributed by atoms with van der Waals surface area (Å²) < 4.78 is 10.3. The third kappa shape index (κ3) is 4.60. The molecule has 0 radical (unpaired) electrons. The number of aliphatic hydroxyl groups excluding tert-OH is 4. The third-order valence-corrected chi connectivity index (χ3v) is 3.22. The molecule has 22 heavy (non-hydrogen) atoms. The maximum absolute atomic E-state index is 11.6. The van der Waals surface area contributed by atoms with Crippen LogP contribution in [-0.2, 0) is 19.1 Å². The molecule has 1 saturated heterocycles. The van der Waals surface area contributed by atoms with Gasteiger partial charge >= 0.3 is 0 Å². The SMILES string of the molecule is CNC(=O)[C@H](CO[C@@H]1OC(CO)[C@H](O)[C@H](O)C1O)NC(C)=O. The first kappa shape index (κ1) is 18.7. The maximum atomic E-state index is 11.6. The van der Waals surface area contributed by atoms with Gasteiger partial charge in [-0.1, -0.05) is 0 Å².